The summed E-state index contributed by atoms with van der Waals surface area (Å²) in [5.74, 6) is -1.05. The van der Waals surface area contributed by atoms with Crippen LogP contribution in [-0.2, 0) is 19.6 Å². The highest BCUT2D eigenvalue weighted by atomic mass is 32.2. The number of nitrogens with two attached hydrogens (primary N) is 1. The van der Waals surface area contributed by atoms with Crippen molar-refractivity contribution in [3.63, 3.8) is 0 Å². The van der Waals surface area contributed by atoms with Crippen LogP contribution < -0.4 is 5.14 Å². The number of carbonyl (C=O) groups is 2. The number of nitrogens with zero attached hydrogens (tertiary/aromatic N) is 1. The van der Waals surface area contributed by atoms with Gasteiger partial charge in [-0.05, 0) is 37.5 Å². The number of benzene rings is 2. The minimum Gasteiger partial charge on any atom is -0.444 e. The van der Waals surface area contributed by atoms with Crippen molar-refractivity contribution in [3.8, 4) is 0 Å². The molecule has 0 aromatic heterocycles. The maximum Gasteiger partial charge on any atom is 0.339 e. The van der Waals surface area contributed by atoms with E-state index in [9.17, 15) is 18.0 Å². The van der Waals surface area contributed by atoms with Gasteiger partial charge in [0.2, 0.25) is 16.1 Å². The van der Waals surface area contributed by atoms with E-state index >= 15 is 0 Å². The van der Waals surface area contributed by atoms with Crippen LogP contribution in [0.1, 0.15) is 40.4 Å². The Balaban J connectivity index is 1.92. The first kappa shape index (κ1) is 20.0. The SMILES string of the molecule is Cc1ccc(S(N)(=O)=O)cc1C(=O)O[C@@H](C(=O)N1CCCC1)c1ccccc1. The van der Waals surface area contributed by atoms with Crippen LogP contribution >= 0.6 is 0 Å². The maximum absolute atomic E-state index is 13.0. The summed E-state index contributed by atoms with van der Waals surface area (Å²) in [5.41, 5.74) is 1.15. The van der Waals surface area contributed by atoms with E-state index in [0.29, 0.717) is 24.2 Å². The number of likely N-dealkylation sites (tertiary alicyclic amines) is 1. The van der Waals surface area contributed by atoms with Gasteiger partial charge in [0.05, 0.1) is 10.5 Å². The first-order valence-electron chi connectivity index (χ1n) is 8.95. The highest BCUT2D eigenvalue weighted by molar-refractivity contribution is 7.89. The number of aryl methyl sites for hydroxylation is 1. The zero-order valence-corrected chi connectivity index (χ0v) is 16.3. The van der Waals surface area contributed by atoms with E-state index < -0.39 is 22.1 Å². The fourth-order valence-corrected chi connectivity index (χ4v) is 3.70. The summed E-state index contributed by atoms with van der Waals surface area (Å²) in [4.78, 5) is 27.3. The standard InChI is InChI=1S/C20H22N2O5S/c1-14-9-10-16(28(21,25)26)13-17(14)20(24)27-18(15-7-3-2-4-8-15)19(23)22-11-5-6-12-22/h2-4,7-10,13,18H,5-6,11-12H2,1H3,(H2,21,25,26)/t18-/m1/s1. The van der Waals surface area contributed by atoms with Crippen molar-refractivity contribution in [1.29, 1.82) is 0 Å². The second kappa shape index (κ2) is 8.12. The van der Waals surface area contributed by atoms with Crippen LogP contribution in [0.15, 0.2) is 53.4 Å². The van der Waals surface area contributed by atoms with Crippen molar-refractivity contribution in [3.05, 3.63) is 65.2 Å². The van der Waals surface area contributed by atoms with Crippen molar-refractivity contribution in [1.82, 2.24) is 4.90 Å². The highest BCUT2D eigenvalue weighted by Crippen LogP contribution is 2.25. The number of rotatable bonds is 5. The Labute approximate surface area is 164 Å². The average molecular weight is 402 g/mol. The molecule has 2 aromatic rings. The number of hydrogen-bond acceptors (Lipinski definition) is 5. The van der Waals surface area contributed by atoms with Crippen LogP contribution in [0.25, 0.3) is 0 Å². The van der Waals surface area contributed by atoms with Gasteiger partial charge in [0.1, 0.15) is 0 Å². The summed E-state index contributed by atoms with van der Waals surface area (Å²) in [5, 5.41) is 5.16. The summed E-state index contributed by atoms with van der Waals surface area (Å²) in [6, 6.07) is 12.8. The van der Waals surface area contributed by atoms with Gasteiger partial charge in [-0.15, -0.1) is 0 Å². The van der Waals surface area contributed by atoms with Crippen molar-refractivity contribution in [2.24, 2.45) is 5.14 Å². The molecule has 2 aromatic carbocycles. The molecule has 8 heteroatoms. The van der Waals surface area contributed by atoms with Gasteiger partial charge in [-0.25, -0.2) is 18.4 Å². The van der Waals surface area contributed by atoms with Gasteiger partial charge in [0, 0.05) is 18.7 Å². The van der Waals surface area contributed by atoms with Gasteiger partial charge in [-0.1, -0.05) is 36.4 Å². The lowest BCUT2D eigenvalue weighted by Gasteiger charge is -2.24. The van der Waals surface area contributed by atoms with Crippen LogP contribution in [0.2, 0.25) is 0 Å². The Morgan fingerprint density at radius 1 is 1.07 bits per heavy atom. The van der Waals surface area contributed by atoms with E-state index in [1.54, 1.807) is 36.1 Å². The lowest BCUT2D eigenvalue weighted by atomic mass is 10.1. The molecule has 1 saturated heterocycles. The largest absolute Gasteiger partial charge is 0.444 e. The van der Waals surface area contributed by atoms with Crippen LogP contribution in [-0.4, -0.2) is 38.3 Å². The molecule has 1 aliphatic rings. The molecule has 0 unspecified atom stereocenters. The minimum absolute atomic E-state index is 0.0571. The van der Waals surface area contributed by atoms with Crippen molar-refractivity contribution in [2.75, 3.05) is 13.1 Å². The second-order valence-electron chi connectivity index (χ2n) is 6.75. The normalized spacial score (nSPS) is 15.3. The van der Waals surface area contributed by atoms with Crippen molar-refractivity contribution in [2.45, 2.75) is 30.8 Å². The fourth-order valence-electron chi connectivity index (χ4n) is 3.16. The topological polar surface area (TPSA) is 107 Å². The van der Waals surface area contributed by atoms with Gasteiger partial charge in [0.15, 0.2) is 0 Å². The van der Waals surface area contributed by atoms with Crippen molar-refractivity contribution < 1.29 is 22.7 Å². The van der Waals surface area contributed by atoms with E-state index in [4.69, 9.17) is 9.88 Å². The molecule has 148 valence electrons. The van der Waals surface area contributed by atoms with E-state index in [2.05, 4.69) is 0 Å². The molecule has 2 N–H and O–H groups in total. The number of esters is 1. The molecular formula is C20H22N2O5S. The third-order valence-electron chi connectivity index (χ3n) is 4.73. The predicted molar refractivity (Wildman–Crippen MR) is 103 cm³/mol. The van der Waals surface area contributed by atoms with Crippen molar-refractivity contribution >= 4 is 21.9 Å². The Bertz CT molecular complexity index is 983. The molecule has 1 heterocycles. The van der Waals surface area contributed by atoms with Gasteiger partial charge in [-0.2, -0.15) is 0 Å². The predicted octanol–water partition coefficient (Wildman–Crippen LogP) is 2.16. The molecule has 1 amide bonds. The fraction of sp³-hybridized carbons (Fsp3) is 0.300. The summed E-state index contributed by atoms with van der Waals surface area (Å²) >= 11 is 0. The second-order valence-corrected chi connectivity index (χ2v) is 8.31. The lowest BCUT2D eigenvalue weighted by molar-refractivity contribution is -0.140. The van der Waals surface area contributed by atoms with E-state index in [1.807, 2.05) is 6.07 Å². The van der Waals surface area contributed by atoms with Crippen LogP contribution in [0, 0.1) is 6.92 Å². The number of amides is 1. The molecule has 1 aliphatic heterocycles. The number of carbonyl (C=O) groups excluding carboxylic acids is 2. The van der Waals surface area contributed by atoms with Crippen LogP contribution in [0.4, 0.5) is 0 Å². The molecule has 0 bridgehead atoms. The zero-order chi connectivity index (χ0) is 20.3. The van der Waals surface area contributed by atoms with Gasteiger partial charge in [-0.3, -0.25) is 4.79 Å². The smallest absolute Gasteiger partial charge is 0.339 e. The molecule has 0 spiro atoms. The third kappa shape index (κ3) is 4.40. The average Bonchev–Trinajstić information content (AvgIpc) is 3.20. The monoisotopic (exact) mass is 402 g/mol. The number of ether oxygens (including phenoxy) is 1. The van der Waals surface area contributed by atoms with E-state index in [0.717, 1.165) is 12.8 Å². The molecule has 0 aliphatic carbocycles. The molecular weight excluding hydrogens is 380 g/mol. The summed E-state index contributed by atoms with van der Waals surface area (Å²) in [6.45, 7) is 2.91. The Morgan fingerprint density at radius 2 is 1.71 bits per heavy atom. The summed E-state index contributed by atoms with van der Waals surface area (Å²) in [7, 11) is -3.97. The zero-order valence-electron chi connectivity index (χ0n) is 15.5. The molecule has 0 radical (unpaired) electrons. The van der Waals surface area contributed by atoms with Gasteiger partial charge < -0.3 is 9.64 Å². The first-order valence-corrected chi connectivity index (χ1v) is 10.5. The highest BCUT2D eigenvalue weighted by Gasteiger charge is 2.31. The third-order valence-corrected chi connectivity index (χ3v) is 5.64. The molecule has 7 nitrogen and oxygen atoms in total. The number of hydrogen-bond donors (Lipinski definition) is 1. The molecule has 3 rings (SSSR count). The quantitative estimate of drug-likeness (QED) is 0.772. The molecule has 28 heavy (non-hydrogen) atoms. The molecule has 1 atom stereocenters. The lowest BCUT2D eigenvalue weighted by Crippen LogP contribution is -2.35. The minimum atomic E-state index is -3.97. The van der Waals surface area contributed by atoms with Crippen LogP contribution in [0.5, 0.6) is 0 Å². The Kier molecular flexibility index (Phi) is 5.81. The van der Waals surface area contributed by atoms with E-state index in [-0.39, 0.29) is 16.4 Å². The molecule has 1 fully saturated rings. The number of primary sulfonamides is 1. The van der Waals surface area contributed by atoms with Gasteiger partial charge in [0.25, 0.3) is 5.91 Å². The van der Waals surface area contributed by atoms with Gasteiger partial charge >= 0.3 is 5.97 Å². The Morgan fingerprint density at radius 3 is 2.32 bits per heavy atom. The Hall–Kier alpha value is -2.71. The van der Waals surface area contributed by atoms with E-state index in [1.165, 1.54) is 18.2 Å². The summed E-state index contributed by atoms with van der Waals surface area (Å²) in [6.07, 6.45) is 0.734. The van der Waals surface area contributed by atoms with Crippen LogP contribution in [0.3, 0.4) is 0 Å². The summed E-state index contributed by atoms with van der Waals surface area (Å²) < 4.78 is 28.8. The maximum atomic E-state index is 13.0. The molecule has 0 saturated carbocycles. The first-order chi connectivity index (χ1) is 13.3. The number of sulfonamides is 1.